The molecular formula is C13H19N3O3. The van der Waals surface area contributed by atoms with Gasteiger partial charge in [0.25, 0.3) is 0 Å². The number of rotatable bonds is 4. The topological polar surface area (TPSA) is 86.5 Å². The number of nitrogen functional groups attached to an aromatic ring is 1. The maximum Gasteiger partial charge on any atom is 0.356 e. The van der Waals surface area contributed by atoms with E-state index in [9.17, 15) is 4.79 Å². The molecule has 2 rings (SSSR count). The Morgan fingerprint density at radius 1 is 1.42 bits per heavy atom. The summed E-state index contributed by atoms with van der Waals surface area (Å²) in [6.45, 7) is 0. The summed E-state index contributed by atoms with van der Waals surface area (Å²) in [5, 5.41) is 3.26. The van der Waals surface area contributed by atoms with Gasteiger partial charge in [-0.1, -0.05) is 0 Å². The maximum atomic E-state index is 11.5. The summed E-state index contributed by atoms with van der Waals surface area (Å²) >= 11 is 0. The van der Waals surface area contributed by atoms with Gasteiger partial charge in [0.1, 0.15) is 0 Å². The van der Waals surface area contributed by atoms with Gasteiger partial charge in [0.2, 0.25) is 0 Å². The minimum atomic E-state index is -0.474. The first-order chi connectivity index (χ1) is 9.15. The molecule has 1 fully saturated rings. The van der Waals surface area contributed by atoms with E-state index in [0.29, 0.717) is 11.5 Å². The number of aromatic nitrogens is 1. The van der Waals surface area contributed by atoms with Gasteiger partial charge >= 0.3 is 5.97 Å². The average molecular weight is 265 g/mol. The van der Waals surface area contributed by atoms with E-state index in [1.165, 1.54) is 7.11 Å². The first kappa shape index (κ1) is 13.6. The van der Waals surface area contributed by atoms with Gasteiger partial charge in [0.05, 0.1) is 24.9 Å². The van der Waals surface area contributed by atoms with Crippen LogP contribution in [0.15, 0.2) is 12.1 Å². The monoisotopic (exact) mass is 265 g/mol. The number of nitrogens with two attached hydrogens (primary N) is 1. The average Bonchev–Trinajstić information content (AvgIpc) is 2.87. The van der Waals surface area contributed by atoms with Crippen molar-refractivity contribution < 1.29 is 14.3 Å². The molecule has 0 bridgehead atoms. The number of esters is 1. The zero-order valence-electron chi connectivity index (χ0n) is 11.2. The highest BCUT2D eigenvalue weighted by Crippen LogP contribution is 2.26. The molecule has 1 aliphatic carbocycles. The van der Waals surface area contributed by atoms with Crippen LogP contribution in [-0.4, -0.2) is 37.3 Å². The van der Waals surface area contributed by atoms with Crippen molar-refractivity contribution in [3.05, 3.63) is 17.8 Å². The molecule has 1 aromatic rings. The van der Waals surface area contributed by atoms with E-state index in [4.69, 9.17) is 10.5 Å². The molecule has 3 N–H and O–H groups in total. The molecule has 1 saturated carbocycles. The van der Waals surface area contributed by atoms with Crippen molar-refractivity contribution >= 4 is 17.5 Å². The molecule has 0 radical (unpaired) electrons. The smallest absolute Gasteiger partial charge is 0.356 e. The quantitative estimate of drug-likeness (QED) is 0.801. The molecule has 19 heavy (non-hydrogen) atoms. The Hall–Kier alpha value is -1.82. The van der Waals surface area contributed by atoms with Gasteiger partial charge < -0.3 is 20.5 Å². The standard InChI is InChI=1S/C13H19N3O3/c1-18-11-5-3-4-9(11)15-12-8(14)6-7-10(16-12)13(17)19-2/h6-7,9,11H,3-5,14H2,1-2H3,(H,15,16). The molecule has 0 aliphatic heterocycles. The third-order valence-electron chi connectivity index (χ3n) is 3.40. The Kier molecular flexibility index (Phi) is 4.21. The number of nitrogens with one attached hydrogen (secondary N) is 1. The van der Waals surface area contributed by atoms with Crippen LogP contribution >= 0.6 is 0 Å². The van der Waals surface area contributed by atoms with Gasteiger partial charge in [-0.2, -0.15) is 0 Å². The van der Waals surface area contributed by atoms with Crippen LogP contribution in [0.25, 0.3) is 0 Å². The number of nitrogens with zero attached hydrogens (tertiary/aromatic N) is 1. The summed E-state index contributed by atoms with van der Waals surface area (Å²) in [5.74, 6) is 0.0367. The van der Waals surface area contributed by atoms with Gasteiger partial charge in [-0.25, -0.2) is 9.78 Å². The highest BCUT2D eigenvalue weighted by Gasteiger charge is 2.27. The van der Waals surface area contributed by atoms with Crippen LogP contribution in [0.5, 0.6) is 0 Å². The van der Waals surface area contributed by atoms with E-state index in [0.717, 1.165) is 19.3 Å². The van der Waals surface area contributed by atoms with Crippen LogP contribution < -0.4 is 11.1 Å². The molecule has 6 heteroatoms. The lowest BCUT2D eigenvalue weighted by Gasteiger charge is -2.21. The van der Waals surface area contributed by atoms with Gasteiger partial charge in [-0.05, 0) is 31.4 Å². The minimum absolute atomic E-state index is 0.156. The lowest BCUT2D eigenvalue weighted by atomic mass is 10.2. The summed E-state index contributed by atoms with van der Waals surface area (Å²) in [6, 6.07) is 3.38. The Balaban J connectivity index is 2.17. The predicted molar refractivity (Wildman–Crippen MR) is 72.0 cm³/mol. The third-order valence-corrected chi connectivity index (χ3v) is 3.40. The molecule has 1 heterocycles. The van der Waals surface area contributed by atoms with Crippen LogP contribution in [0.1, 0.15) is 29.8 Å². The summed E-state index contributed by atoms with van der Waals surface area (Å²) in [7, 11) is 3.03. The molecule has 0 saturated heterocycles. The molecule has 6 nitrogen and oxygen atoms in total. The van der Waals surface area contributed by atoms with E-state index in [1.807, 2.05) is 0 Å². The van der Waals surface area contributed by atoms with E-state index in [2.05, 4.69) is 15.0 Å². The van der Waals surface area contributed by atoms with Crippen molar-refractivity contribution in [2.24, 2.45) is 0 Å². The summed E-state index contributed by atoms with van der Waals surface area (Å²) < 4.78 is 10.1. The van der Waals surface area contributed by atoms with Crippen LogP contribution in [-0.2, 0) is 9.47 Å². The van der Waals surface area contributed by atoms with Crippen LogP contribution in [0.2, 0.25) is 0 Å². The summed E-state index contributed by atoms with van der Waals surface area (Å²) in [5.41, 5.74) is 6.63. The first-order valence-corrected chi connectivity index (χ1v) is 6.30. The van der Waals surface area contributed by atoms with Gasteiger partial charge in [0, 0.05) is 7.11 Å². The fourth-order valence-electron chi connectivity index (χ4n) is 2.35. The Morgan fingerprint density at radius 3 is 2.89 bits per heavy atom. The molecule has 1 aliphatic rings. The largest absolute Gasteiger partial charge is 0.464 e. The minimum Gasteiger partial charge on any atom is -0.464 e. The van der Waals surface area contributed by atoms with Crippen molar-refractivity contribution in [1.82, 2.24) is 4.98 Å². The number of hydrogen-bond acceptors (Lipinski definition) is 6. The molecule has 2 atom stereocenters. The molecule has 2 unspecified atom stereocenters. The summed E-state index contributed by atoms with van der Waals surface area (Å²) in [4.78, 5) is 15.7. The lowest BCUT2D eigenvalue weighted by molar-refractivity contribution is 0.0594. The lowest BCUT2D eigenvalue weighted by Crippen LogP contribution is -2.30. The zero-order valence-corrected chi connectivity index (χ0v) is 11.2. The number of methoxy groups -OCH3 is 2. The molecule has 0 spiro atoms. The number of carbonyl (C=O) groups is 1. The molecular weight excluding hydrogens is 246 g/mol. The molecule has 1 aromatic heterocycles. The highest BCUT2D eigenvalue weighted by atomic mass is 16.5. The molecule has 0 aromatic carbocycles. The number of carbonyl (C=O) groups excluding carboxylic acids is 1. The first-order valence-electron chi connectivity index (χ1n) is 6.30. The predicted octanol–water partition coefficient (Wildman–Crippen LogP) is 1.43. The molecule has 0 amide bonds. The van der Waals surface area contributed by atoms with Crippen molar-refractivity contribution in [2.75, 3.05) is 25.3 Å². The van der Waals surface area contributed by atoms with Crippen LogP contribution in [0.4, 0.5) is 11.5 Å². The van der Waals surface area contributed by atoms with Crippen molar-refractivity contribution in [1.29, 1.82) is 0 Å². The van der Waals surface area contributed by atoms with Crippen molar-refractivity contribution in [3.8, 4) is 0 Å². The SMILES string of the molecule is COC(=O)c1ccc(N)c(NC2CCCC2OC)n1. The Bertz CT molecular complexity index is 464. The second kappa shape index (κ2) is 5.88. The maximum absolute atomic E-state index is 11.5. The Morgan fingerprint density at radius 2 is 2.21 bits per heavy atom. The van der Waals surface area contributed by atoms with Crippen molar-refractivity contribution in [3.63, 3.8) is 0 Å². The van der Waals surface area contributed by atoms with Crippen LogP contribution in [0, 0.1) is 0 Å². The van der Waals surface area contributed by atoms with Crippen molar-refractivity contribution in [2.45, 2.75) is 31.4 Å². The second-order valence-electron chi connectivity index (χ2n) is 4.58. The van der Waals surface area contributed by atoms with E-state index in [1.54, 1.807) is 19.2 Å². The number of pyridine rings is 1. The van der Waals surface area contributed by atoms with E-state index < -0.39 is 5.97 Å². The highest BCUT2D eigenvalue weighted by molar-refractivity contribution is 5.88. The van der Waals surface area contributed by atoms with Gasteiger partial charge in [-0.15, -0.1) is 0 Å². The number of hydrogen-bond donors (Lipinski definition) is 2. The normalized spacial score (nSPS) is 22.2. The van der Waals surface area contributed by atoms with Crippen LogP contribution in [0.3, 0.4) is 0 Å². The summed E-state index contributed by atoms with van der Waals surface area (Å²) in [6.07, 6.45) is 3.28. The number of ether oxygens (including phenoxy) is 2. The fraction of sp³-hybridized carbons (Fsp3) is 0.538. The third kappa shape index (κ3) is 2.96. The fourth-order valence-corrected chi connectivity index (χ4v) is 2.35. The van der Waals surface area contributed by atoms with E-state index >= 15 is 0 Å². The van der Waals surface area contributed by atoms with E-state index in [-0.39, 0.29) is 17.8 Å². The zero-order chi connectivity index (χ0) is 13.8. The van der Waals surface area contributed by atoms with Gasteiger partial charge in [-0.3, -0.25) is 0 Å². The Labute approximate surface area is 112 Å². The molecule has 104 valence electrons. The van der Waals surface area contributed by atoms with Gasteiger partial charge in [0.15, 0.2) is 11.5 Å². The second-order valence-corrected chi connectivity index (χ2v) is 4.58. The number of anilines is 2.